The van der Waals surface area contributed by atoms with Crippen LogP contribution in [0.2, 0.25) is 0 Å². The highest BCUT2D eigenvalue weighted by Crippen LogP contribution is 2.27. The molecule has 0 saturated heterocycles. The molecule has 2 aromatic carbocycles. The highest BCUT2D eigenvalue weighted by Gasteiger charge is 2.22. The minimum atomic E-state index is 0.0947. The quantitative estimate of drug-likeness (QED) is 0.536. The number of fused-ring (bicyclic) bond motifs is 2. The van der Waals surface area contributed by atoms with Gasteiger partial charge in [0, 0.05) is 31.0 Å². The van der Waals surface area contributed by atoms with Crippen molar-refractivity contribution in [2.24, 2.45) is 0 Å². The van der Waals surface area contributed by atoms with Gasteiger partial charge >= 0.3 is 0 Å². The van der Waals surface area contributed by atoms with Crippen molar-refractivity contribution in [3.8, 4) is 5.13 Å². The molecule has 0 saturated carbocycles. The van der Waals surface area contributed by atoms with Crippen LogP contribution in [-0.4, -0.2) is 26.9 Å². The monoisotopic (exact) mass is 359 g/mol. The molecule has 0 aliphatic carbocycles. The van der Waals surface area contributed by atoms with E-state index in [0.29, 0.717) is 6.54 Å². The van der Waals surface area contributed by atoms with Crippen LogP contribution in [0.15, 0.2) is 67.0 Å². The number of nitrogens with zero attached hydrogens (tertiary/aromatic N) is 3. The third-order valence-electron chi connectivity index (χ3n) is 4.87. The first-order valence-electron chi connectivity index (χ1n) is 8.68. The van der Waals surface area contributed by atoms with E-state index in [4.69, 9.17) is 0 Å². The molecule has 5 heteroatoms. The molecule has 26 heavy (non-hydrogen) atoms. The molecule has 0 fully saturated rings. The SMILES string of the molecule is O=C(c1ccc2nc(-n3cccc3)sc2c1)N1CCc2ccccc2C1. The number of carbonyl (C=O) groups excluding carboxylic acids is 1. The van der Waals surface area contributed by atoms with Crippen LogP contribution >= 0.6 is 11.3 Å². The standard InChI is InChI=1S/C21H17N3OS/c25-20(24-12-9-15-5-1-2-6-17(15)14-24)16-7-8-18-19(13-16)26-21(22-18)23-10-3-4-11-23/h1-8,10-11,13H,9,12,14H2. The lowest BCUT2D eigenvalue weighted by Crippen LogP contribution is -2.35. The minimum Gasteiger partial charge on any atom is -0.334 e. The van der Waals surface area contributed by atoms with Crippen LogP contribution in [-0.2, 0) is 13.0 Å². The molecule has 3 heterocycles. The summed E-state index contributed by atoms with van der Waals surface area (Å²) in [7, 11) is 0. The number of hydrogen-bond donors (Lipinski definition) is 0. The van der Waals surface area contributed by atoms with E-state index in [0.717, 1.165) is 33.9 Å². The topological polar surface area (TPSA) is 38.1 Å². The maximum Gasteiger partial charge on any atom is 0.254 e. The van der Waals surface area contributed by atoms with E-state index in [1.165, 1.54) is 11.1 Å². The third-order valence-corrected chi connectivity index (χ3v) is 5.90. The second kappa shape index (κ2) is 6.11. The Morgan fingerprint density at radius 2 is 1.81 bits per heavy atom. The van der Waals surface area contributed by atoms with Crippen LogP contribution in [0.25, 0.3) is 15.3 Å². The van der Waals surface area contributed by atoms with Gasteiger partial charge in [0.1, 0.15) is 0 Å². The Hall–Kier alpha value is -2.92. The molecule has 0 spiro atoms. The molecule has 2 aromatic heterocycles. The molecule has 0 bridgehead atoms. The van der Waals surface area contributed by atoms with Gasteiger partial charge in [-0.25, -0.2) is 4.98 Å². The average molecular weight is 359 g/mol. The number of benzene rings is 2. The van der Waals surface area contributed by atoms with Crippen molar-refractivity contribution < 1.29 is 4.79 Å². The minimum absolute atomic E-state index is 0.0947. The first-order valence-corrected chi connectivity index (χ1v) is 9.49. The smallest absolute Gasteiger partial charge is 0.254 e. The molecule has 4 nitrogen and oxygen atoms in total. The van der Waals surface area contributed by atoms with Gasteiger partial charge in [-0.2, -0.15) is 0 Å². The Morgan fingerprint density at radius 1 is 1.00 bits per heavy atom. The molecule has 0 atom stereocenters. The van der Waals surface area contributed by atoms with Gasteiger partial charge in [0.25, 0.3) is 5.91 Å². The predicted molar refractivity (Wildman–Crippen MR) is 104 cm³/mol. The molecular weight excluding hydrogens is 342 g/mol. The van der Waals surface area contributed by atoms with Gasteiger partial charge in [-0.3, -0.25) is 4.79 Å². The summed E-state index contributed by atoms with van der Waals surface area (Å²) < 4.78 is 3.03. The molecule has 5 rings (SSSR count). The van der Waals surface area contributed by atoms with Crippen molar-refractivity contribution in [2.75, 3.05) is 6.54 Å². The van der Waals surface area contributed by atoms with Crippen molar-refractivity contribution in [1.82, 2.24) is 14.5 Å². The fourth-order valence-corrected chi connectivity index (χ4v) is 4.44. The Kier molecular flexibility index (Phi) is 3.60. The van der Waals surface area contributed by atoms with E-state index in [1.807, 2.05) is 58.3 Å². The number of rotatable bonds is 2. The Labute approximate surface area is 155 Å². The van der Waals surface area contributed by atoms with Crippen molar-refractivity contribution in [3.63, 3.8) is 0 Å². The molecule has 0 radical (unpaired) electrons. The maximum absolute atomic E-state index is 13.0. The van der Waals surface area contributed by atoms with E-state index in [2.05, 4.69) is 23.2 Å². The van der Waals surface area contributed by atoms with Gasteiger partial charge in [-0.15, -0.1) is 0 Å². The van der Waals surface area contributed by atoms with Gasteiger partial charge in [-0.05, 0) is 47.9 Å². The van der Waals surface area contributed by atoms with Crippen LogP contribution in [0.3, 0.4) is 0 Å². The maximum atomic E-state index is 13.0. The number of hydrogen-bond acceptors (Lipinski definition) is 3. The van der Waals surface area contributed by atoms with E-state index >= 15 is 0 Å². The summed E-state index contributed by atoms with van der Waals surface area (Å²) in [5.41, 5.74) is 4.27. The van der Waals surface area contributed by atoms with Crippen molar-refractivity contribution >= 4 is 27.5 Å². The molecule has 0 unspecified atom stereocenters. The average Bonchev–Trinajstić information content (AvgIpc) is 3.35. The Balaban J connectivity index is 1.44. The lowest BCUT2D eigenvalue weighted by atomic mass is 9.99. The zero-order valence-electron chi connectivity index (χ0n) is 14.1. The molecule has 128 valence electrons. The lowest BCUT2D eigenvalue weighted by molar-refractivity contribution is 0.0735. The van der Waals surface area contributed by atoms with Gasteiger partial charge in [-0.1, -0.05) is 35.6 Å². The van der Waals surface area contributed by atoms with E-state index in [9.17, 15) is 4.79 Å². The Bertz CT molecular complexity index is 1100. The van der Waals surface area contributed by atoms with Crippen LogP contribution in [0.1, 0.15) is 21.5 Å². The number of aromatic nitrogens is 2. The van der Waals surface area contributed by atoms with Gasteiger partial charge < -0.3 is 9.47 Å². The van der Waals surface area contributed by atoms with Crippen molar-refractivity contribution in [1.29, 1.82) is 0 Å². The second-order valence-corrected chi connectivity index (χ2v) is 7.52. The largest absolute Gasteiger partial charge is 0.334 e. The van der Waals surface area contributed by atoms with Crippen molar-refractivity contribution in [2.45, 2.75) is 13.0 Å². The fraction of sp³-hybridized carbons (Fsp3) is 0.143. The summed E-state index contributed by atoms with van der Waals surface area (Å²) in [4.78, 5) is 19.6. The molecule has 4 aromatic rings. The van der Waals surface area contributed by atoms with Gasteiger partial charge in [0.05, 0.1) is 10.2 Å². The van der Waals surface area contributed by atoms with Crippen LogP contribution in [0.4, 0.5) is 0 Å². The van der Waals surface area contributed by atoms with Crippen LogP contribution < -0.4 is 0 Å². The van der Waals surface area contributed by atoms with Crippen molar-refractivity contribution in [3.05, 3.63) is 83.7 Å². The first kappa shape index (κ1) is 15.3. The van der Waals surface area contributed by atoms with Gasteiger partial charge in [0.15, 0.2) is 5.13 Å². The van der Waals surface area contributed by atoms with Gasteiger partial charge in [0.2, 0.25) is 0 Å². The second-order valence-electron chi connectivity index (χ2n) is 6.51. The summed E-state index contributed by atoms with van der Waals surface area (Å²) in [6.45, 7) is 1.45. The normalized spacial score (nSPS) is 13.8. The highest BCUT2D eigenvalue weighted by molar-refractivity contribution is 7.20. The molecule has 1 aliphatic rings. The zero-order chi connectivity index (χ0) is 17.5. The predicted octanol–water partition coefficient (Wildman–Crippen LogP) is 4.29. The first-order chi connectivity index (χ1) is 12.8. The van der Waals surface area contributed by atoms with E-state index in [-0.39, 0.29) is 5.91 Å². The fourth-order valence-electron chi connectivity index (χ4n) is 3.47. The highest BCUT2D eigenvalue weighted by atomic mass is 32.1. The van der Waals surface area contributed by atoms with E-state index in [1.54, 1.807) is 11.3 Å². The molecule has 1 amide bonds. The summed E-state index contributed by atoms with van der Waals surface area (Å²) >= 11 is 1.60. The van der Waals surface area contributed by atoms with E-state index < -0.39 is 0 Å². The Morgan fingerprint density at radius 3 is 2.65 bits per heavy atom. The zero-order valence-corrected chi connectivity index (χ0v) is 14.9. The summed E-state index contributed by atoms with van der Waals surface area (Å²) in [5.74, 6) is 0.0947. The molecular formula is C21H17N3OS. The van der Waals surface area contributed by atoms with Crippen LogP contribution in [0, 0.1) is 0 Å². The molecule has 1 aliphatic heterocycles. The third kappa shape index (κ3) is 2.61. The lowest BCUT2D eigenvalue weighted by Gasteiger charge is -2.29. The van der Waals surface area contributed by atoms with Crippen LogP contribution in [0.5, 0.6) is 0 Å². The number of carbonyl (C=O) groups is 1. The summed E-state index contributed by atoms with van der Waals surface area (Å²) in [6.07, 6.45) is 4.88. The number of amides is 1. The molecule has 0 N–H and O–H groups in total. The summed E-state index contributed by atoms with van der Waals surface area (Å²) in [6, 6.07) is 18.2. The summed E-state index contributed by atoms with van der Waals surface area (Å²) in [5, 5.41) is 0.918. The number of thiazole rings is 1.